The van der Waals surface area contributed by atoms with E-state index in [1.807, 2.05) is 23.1 Å². The Hall–Kier alpha value is -2.58. The number of para-hydroxylation sites is 1. The smallest absolute Gasteiger partial charge is 0.265 e. The summed E-state index contributed by atoms with van der Waals surface area (Å²) in [6.45, 7) is 1.81. The van der Waals surface area contributed by atoms with E-state index in [-0.39, 0.29) is 23.5 Å². The lowest BCUT2D eigenvalue weighted by Crippen LogP contribution is -2.49. The van der Waals surface area contributed by atoms with Gasteiger partial charge < -0.3 is 20.3 Å². The van der Waals surface area contributed by atoms with E-state index < -0.39 is 9.84 Å². The van der Waals surface area contributed by atoms with Crippen molar-refractivity contribution in [3.63, 3.8) is 0 Å². The van der Waals surface area contributed by atoms with E-state index in [1.165, 1.54) is 6.26 Å². The molecule has 2 aliphatic rings. The Labute approximate surface area is 164 Å². The molecular weight excluding hydrogens is 378 g/mol. The van der Waals surface area contributed by atoms with Gasteiger partial charge in [-0.3, -0.25) is 4.79 Å². The molecule has 0 aliphatic carbocycles. The summed E-state index contributed by atoms with van der Waals surface area (Å²) >= 11 is 0. The predicted molar refractivity (Wildman–Crippen MR) is 108 cm³/mol. The molecule has 2 aromatic rings. The summed E-state index contributed by atoms with van der Waals surface area (Å²) in [5, 5.41) is 6.61. The highest BCUT2D eigenvalue weighted by Crippen LogP contribution is 2.41. The number of anilines is 3. The maximum atomic E-state index is 12.6. The first-order valence-corrected chi connectivity index (χ1v) is 11.2. The zero-order chi connectivity index (χ0) is 19.7. The van der Waals surface area contributed by atoms with Crippen molar-refractivity contribution in [1.29, 1.82) is 0 Å². The first kappa shape index (κ1) is 18.8. The molecule has 0 aromatic heterocycles. The quantitative estimate of drug-likeness (QED) is 0.818. The molecule has 2 aliphatic heterocycles. The molecule has 2 heterocycles. The van der Waals surface area contributed by atoms with Crippen LogP contribution in [0.4, 0.5) is 17.1 Å². The summed E-state index contributed by atoms with van der Waals surface area (Å²) in [5.41, 5.74) is 2.27. The fourth-order valence-electron chi connectivity index (χ4n) is 3.71. The number of benzene rings is 2. The van der Waals surface area contributed by atoms with Gasteiger partial charge in [-0.1, -0.05) is 6.07 Å². The minimum Gasteiger partial charge on any atom is -0.479 e. The van der Waals surface area contributed by atoms with Crippen LogP contribution in [0, 0.1) is 0 Å². The van der Waals surface area contributed by atoms with Gasteiger partial charge in [0, 0.05) is 18.0 Å². The van der Waals surface area contributed by atoms with E-state index in [2.05, 4.69) is 10.6 Å². The van der Waals surface area contributed by atoms with Gasteiger partial charge in [0.05, 0.1) is 16.3 Å². The van der Waals surface area contributed by atoms with Crippen LogP contribution < -0.4 is 20.3 Å². The largest absolute Gasteiger partial charge is 0.479 e. The van der Waals surface area contributed by atoms with Gasteiger partial charge >= 0.3 is 0 Å². The molecule has 4 rings (SSSR count). The number of hydrogen-bond donors (Lipinski definition) is 2. The average Bonchev–Trinajstić information content (AvgIpc) is 2.68. The van der Waals surface area contributed by atoms with E-state index in [0.717, 1.165) is 43.0 Å². The number of carbonyl (C=O) groups excluding carboxylic acids is 1. The Morgan fingerprint density at radius 1 is 1.11 bits per heavy atom. The molecule has 0 saturated carbocycles. The molecule has 8 heteroatoms. The summed E-state index contributed by atoms with van der Waals surface area (Å²) in [6, 6.07) is 12.4. The zero-order valence-corrected chi connectivity index (χ0v) is 16.5. The maximum Gasteiger partial charge on any atom is 0.265 e. The van der Waals surface area contributed by atoms with Crippen LogP contribution in [0.15, 0.2) is 47.4 Å². The highest BCUT2D eigenvalue weighted by Gasteiger charge is 2.33. The minimum atomic E-state index is -3.23. The van der Waals surface area contributed by atoms with Gasteiger partial charge in [-0.05, 0) is 62.3 Å². The standard InChI is InChI=1S/C20H23N3O4S/c1-28(25,26)16-7-5-14(6-8-16)22-17-3-2-4-18-20(17)27-13-19(24)23(18)15-9-11-21-12-10-15/h2-8,15,21-22H,9-13H2,1H3. The van der Waals surface area contributed by atoms with Crippen molar-refractivity contribution < 1.29 is 17.9 Å². The van der Waals surface area contributed by atoms with Gasteiger partial charge in [0.2, 0.25) is 0 Å². The lowest BCUT2D eigenvalue weighted by atomic mass is 10.0. The highest BCUT2D eigenvalue weighted by atomic mass is 32.2. The van der Waals surface area contributed by atoms with E-state index >= 15 is 0 Å². The molecule has 1 amide bonds. The molecule has 148 valence electrons. The van der Waals surface area contributed by atoms with Crippen molar-refractivity contribution >= 4 is 32.8 Å². The van der Waals surface area contributed by atoms with Gasteiger partial charge in [0.15, 0.2) is 22.2 Å². The van der Waals surface area contributed by atoms with Crippen LogP contribution in [-0.4, -0.2) is 46.3 Å². The van der Waals surface area contributed by atoms with Crippen molar-refractivity contribution in [2.45, 2.75) is 23.8 Å². The SMILES string of the molecule is CS(=O)(=O)c1ccc(Nc2cccc3c2OCC(=O)N3C2CCNCC2)cc1. The van der Waals surface area contributed by atoms with Gasteiger partial charge in [0.25, 0.3) is 5.91 Å². The van der Waals surface area contributed by atoms with E-state index in [4.69, 9.17) is 4.74 Å². The first-order chi connectivity index (χ1) is 13.4. The van der Waals surface area contributed by atoms with Crippen molar-refractivity contribution in [3.8, 4) is 5.75 Å². The molecular formula is C20H23N3O4S. The Kier molecular flexibility index (Phi) is 4.99. The average molecular weight is 401 g/mol. The number of ether oxygens (including phenoxy) is 1. The molecule has 0 spiro atoms. The molecule has 0 bridgehead atoms. The Morgan fingerprint density at radius 3 is 2.50 bits per heavy atom. The number of hydrogen-bond acceptors (Lipinski definition) is 6. The summed E-state index contributed by atoms with van der Waals surface area (Å²) in [5.74, 6) is 0.627. The predicted octanol–water partition coefficient (Wildman–Crippen LogP) is 2.31. The number of amides is 1. The van der Waals surface area contributed by atoms with Crippen molar-refractivity contribution in [1.82, 2.24) is 5.32 Å². The highest BCUT2D eigenvalue weighted by molar-refractivity contribution is 7.90. The number of piperidine rings is 1. The van der Waals surface area contributed by atoms with Crippen LogP contribution in [0.25, 0.3) is 0 Å². The lowest BCUT2D eigenvalue weighted by Gasteiger charge is -2.38. The third kappa shape index (κ3) is 3.70. The summed E-state index contributed by atoms with van der Waals surface area (Å²) in [4.78, 5) is 14.7. The number of carbonyl (C=O) groups is 1. The zero-order valence-electron chi connectivity index (χ0n) is 15.6. The van der Waals surface area contributed by atoms with Gasteiger partial charge in [0.1, 0.15) is 0 Å². The molecule has 1 fully saturated rings. The Balaban J connectivity index is 1.63. The summed E-state index contributed by atoms with van der Waals surface area (Å²) in [6.07, 6.45) is 3.01. The number of rotatable bonds is 4. The molecule has 2 aromatic carbocycles. The second-order valence-electron chi connectivity index (χ2n) is 7.11. The van der Waals surface area contributed by atoms with Gasteiger partial charge in [-0.2, -0.15) is 0 Å². The first-order valence-electron chi connectivity index (χ1n) is 9.29. The molecule has 2 N–H and O–H groups in total. The lowest BCUT2D eigenvalue weighted by molar-refractivity contribution is -0.121. The van der Waals surface area contributed by atoms with Gasteiger partial charge in [-0.25, -0.2) is 8.42 Å². The van der Waals surface area contributed by atoms with Crippen LogP contribution in [0.1, 0.15) is 12.8 Å². The fourth-order valence-corrected chi connectivity index (χ4v) is 4.34. The third-order valence-corrected chi connectivity index (χ3v) is 6.23. The molecule has 0 unspecified atom stereocenters. The normalized spacial score (nSPS) is 17.8. The van der Waals surface area contributed by atoms with Gasteiger partial charge in [-0.15, -0.1) is 0 Å². The van der Waals surface area contributed by atoms with Crippen LogP contribution in [-0.2, 0) is 14.6 Å². The van der Waals surface area contributed by atoms with Crippen LogP contribution in [0.3, 0.4) is 0 Å². The number of sulfone groups is 1. The summed E-state index contributed by atoms with van der Waals surface area (Å²) < 4.78 is 29.0. The van der Waals surface area contributed by atoms with Crippen LogP contribution in [0.2, 0.25) is 0 Å². The Morgan fingerprint density at radius 2 is 1.82 bits per heavy atom. The van der Waals surface area contributed by atoms with E-state index in [0.29, 0.717) is 5.75 Å². The second-order valence-corrected chi connectivity index (χ2v) is 9.12. The van der Waals surface area contributed by atoms with Crippen molar-refractivity contribution in [2.75, 3.05) is 36.2 Å². The number of nitrogens with zero attached hydrogens (tertiary/aromatic N) is 1. The Bertz CT molecular complexity index is 983. The molecule has 28 heavy (non-hydrogen) atoms. The number of fused-ring (bicyclic) bond motifs is 1. The van der Waals surface area contributed by atoms with Crippen LogP contribution in [0.5, 0.6) is 5.75 Å². The van der Waals surface area contributed by atoms with Crippen LogP contribution >= 0.6 is 0 Å². The number of nitrogens with one attached hydrogen (secondary N) is 2. The van der Waals surface area contributed by atoms with E-state index in [9.17, 15) is 13.2 Å². The fraction of sp³-hybridized carbons (Fsp3) is 0.350. The van der Waals surface area contributed by atoms with Crippen molar-refractivity contribution in [3.05, 3.63) is 42.5 Å². The third-order valence-electron chi connectivity index (χ3n) is 5.10. The topological polar surface area (TPSA) is 87.7 Å². The molecule has 0 radical (unpaired) electrons. The van der Waals surface area contributed by atoms with Crippen molar-refractivity contribution in [2.24, 2.45) is 0 Å². The van der Waals surface area contributed by atoms with E-state index in [1.54, 1.807) is 24.3 Å². The minimum absolute atomic E-state index is 0.0165. The second kappa shape index (κ2) is 7.44. The molecule has 0 atom stereocenters. The molecule has 1 saturated heterocycles. The molecule has 7 nitrogen and oxygen atoms in total. The summed E-state index contributed by atoms with van der Waals surface area (Å²) in [7, 11) is -3.23. The maximum absolute atomic E-state index is 12.6. The monoisotopic (exact) mass is 401 g/mol.